The standard InChI is InChI=1S/C17H22N2S/c18-17(12-20-14-6-2-1-3-7-14)15-8-4-5-13-9-10-19-11-16(13)15/h4-5,8-11,14,17H,1-3,6-7,12,18H2. The Bertz CT molecular complexity index is 558. The summed E-state index contributed by atoms with van der Waals surface area (Å²) in [4.78, 5) is 4.24. The molecule has 0 saturated heterocycles. The van der Waals surface area contributed by atoms with Crippen molar-refractivity contribution >= 4 is 22.5 Å². The van der Waals surface area contributed by atoms with Crippen LogP contribution in [-0.4, -0.2) is 16.0 Å². The zero-order valence-electron chi connectivity index (χ0n) is 11.8. The second-order valence-corrected chi connectivity index (χ2v) is 6.98. The minimum Gasteiger partial charge on any atom is -0.323 e. The van der Waals surface area contributed by atoms with Gasteiger partial charge in [-0.05, 0) is 29.9 Å². The molecule has 3 heteroatoms. The van der Waals surface area contributed by atoms with Crippen molar-refractivity contribution in [2.75, 3.05) is 5.75 Å². The zero-order valence-corrected chi connectivity index (χ0v) is 12.6. The molecule has 106 valence electrons. The maximum absolute atomic E-state index is 6.43. The predicted molar refractivity (Wildman–Crippen MR) is 88.0 cm³/mol. The van der Waals surface area contributed by atoms with Crippen molar-refractivity contribution in [1.82, 2.24) is 4.98 Å². The molecule has 1 atom stereocenters. The summed E-state index contributed by atoms with van der Waals surface area (Å²) in [5.74, 6) is 1.01. The first-order valence-corrected chi connectivity index (χ1v) is 8.59. The Morgan fingerprint density at radius 3 is 2.90 bits per heavy atom. The van der Waals surface area contributed by atoms with Crippen LogP contribution in [0.25, 0.3) is 10.8 Å². The van der Waals surface area contributed by atoms with E-state index in [2.05, 4.69) is 41.0 Å². The van der Waals surface area contributed by atoms with Crippen molar-refractivity contribution in [3.8, 4) is 0 Å². The second-order valence-electron chi connectivity index (χ2n) is 5.64. The monoisotopic (exact) mass is 286 g/mol. The molecule has 0 radical (unpaired) electrons. The summed E-state index contributed by atoms with van der Waals surface area (Å²) < 4.78 is 0. The maximum atomic E-state index is 6.43. The topological polar surface area (TPSA) is 38.9 Å². The number of hydrogen-bond donors (Lipinski definition) is 1. The second kappa shape index (κ2) is 6.59. The fourth-order valence-electron chi connectivity index (χ4n) is 3.02. The molecule has 2 nitrogen and oxygen atoms in total. The molecular weight excluding hydrogens is 264 g/mol. The van der Waals surface area contributed by atoms with Crippen LogP contribution in [0.2, 0.25) is 0 Å². The molecule has 1 aliphatic rings. The molecule has 1 aromatic heterocycles. The molecule has 0 spiro atoms. The Hall–Kier alpha value is -1.06. The lowest BCUT2D eigenvalue weighted by atomic mass is 10.0. The van der Waals surface area contributed by atoms with Gasteiger partial charge < -0.3 is 5.73 Å². The van der Waals surface area contributed by atoms with Gasteiger partial charge in [-0.3, -0.25) is 4.98 Å². The average Bonchev–Trinajstić information content (AvgIpc) is 2.53. The number of thioether (sulfide) groups is 1. The van der Waals surface area contributed by atoms with Gasteiger partial charge >= 0.3 is 0 Å². The van der Waals surface area contributed by atoms with E-state index in [1.165, 1.54) is 48.4 Å². The third kappa shape index (κ3) is 3.15. The highest BCUT2D eigenvalue weighted by Crippen LogP contribution is 2.31. The SMILES string of the molecule is NC(CSC1CCCCC1)c1cccc2ccncc12. The van der Waals surface area contributed by atoms with Gasteiger partial charge in [-0.25, -0.2) is 0 Å². The Morgan fingerprint density at radius 2 is 2.05 bits per heavy atom. The molecule has 1 fully saturated rings. The van der Waals surface area contributed by atoms with Crippen molar-refractivity contribution in [3.63, 3.8) is 0 Å². The number of nitrogens with zero attached hydrogens (tertiary/aromatic N) is 1. The summed E-state index contributed by atoms with van der Waals surface area (Å²) in [5.41, 5.74) is 7.66. The average molecular weight is 286 g/mol. The van der Waals surface area contributed by atoms with Crippen molar-refractivity contribution in [2.45, 2.75) is 43.4 Å². The van der Waals surface area contributed by atoms with Crippen LogP contribution < -0.4 is 5.73 Å². The van der Waals surface area contributed by atoms with Crippen LogP contribution in [0, 0.1) is 0 Å². The van der Waals surface area contributed by atoms with E-state index in [0.29, 0.717) is 0 Å². The van der Waals surface area contributed by atoms with E-state index in [-0.39, 0.29) is 6.04 Å². The lowest BCUT2D eigenvalue weighted by Crippen LogP contribution is -2.17. The summed E-state index contributed by atoms with van der Waals surface area (Å²) in [7, 11) is 0. The van der Waals surface area contributed by atoms with E-state index in [1.54, 1.807) is 0 Å². The lowest BCUT2D eigenvalue weighted by molar-refractivity contribution is 0.515. The number of aromatic nitrogens is 1. The van der Waals surface area contributed by atoms with E-state index < -0.39 is 0 Å². The summed E-state index contributed by atoms with van der Waals surface area (Å²) in [5, 5.41) is 3.25. The van der Waals surface area contributed by atoms with Crippen LogP contribution in [-0.2, 0) is 0 Å². The quantitative estimate of drug-likeness (QED) is 0.910. The van der Waals surface area contributed by atoms with Crippen LogP contribution in [0.15, 0.2) is 36.7 Å². The molecule has 1 aromatic carbocycles. The van der Waals surface area contributed by atoms with E-state index in [4.69, 9.17) is 5.73 Å². The molecule has 2 N–H and O–H groups in total. The zero-order chi connectivity index (χ0) is 13.8. The van der Waals surface area contributed by atoms with Gasteiger partial charge in [-0.2, -0.15) is 11.8 Å². The first-order valence-electron chi connectivity index (χ1n) is 7.54. The molecule has 2 aromatic rings. The highest BCUT2D eigenvalue weighted by Gasteiger charge is 2.16. The number of fused-ring (bicyclic) bond motifs is 1. The number of pyridine rings is 1. The molecule has 1 unspecified atom stereocenters. The van der Waals surface area contributed by atoms with Crippen molar-refractivity contribution < 1.29 is 0 Å². The van der Waals surface area contributed by atoms with E-state index in [1.807, 2.05) is 12.4 Å². The van der Waals surface area contributed by atoms with E-state index in [9.17, 15) is 0 Å². The summed E-state index contributed by atoms with van der Waals surface area (Å²) >= 11 is 2.06. The van der Waals surface area contributed by atoms with Crippen LogP contribution in [0.1, 0.15) is 43.7 Å². The summed E-state index contributed by atoms with van der Waals surface area (Å²) in [6.45, 7) is 0. The number of rotatable bonds is 4. The van der Waals surface area contributed by atoms with Gasteiger partial charge in [0.05, 0.1) is 0 Å². The Kier molecular flexibility index (Phi) is 4.58. The minimum atomic E-state index is 0.106. The third-order valence-corrected chi connectivity index (χ3v) is 5.67. The first kappa shape index (κ1) is 13.9. The third-order valence-electron chi connectivity index (χ3n) is 4.18. The highest BCUT2D eigenvalue weighted by molar-refractivity contribution is 7.99. The molecular formula is C17H22N2S. The van der Waals surface area contributed by atoms with Crippen LogP contribution >= 0.6 is 11.8 Å². The van der Waals surface area contributed by atoms with Crippen LogP contribution in [0.5, 0.6) is 0 Å². The number of benzene rings is 1. The van der Waals surface area contributed by atoms with Crippen LogP contribution in [0.4, 0.5) is 0 Å². The molecule has 1 heterocycles. The van der Waals surface area contributed by atoms with Gasteiger partial charge in [0.2, 0.25) is 0 Å². The van der Waals surface area contributed by atoms with Crippen molar-refractivity contribution in [1.29, 1.82) is 0 Å². The van der Waals surface area contributed by atoms with Crippen molar-refractivity contribution in [3.05, 3.63) is 42.2 Å². The molecule has 20 heavy (non-hydrogen) atoms. The van der Waals surface area contributed by atoms with E-state index >= 15 is 0 Å². The van der Waals surface area contributed by atoms with Crippen molar-refractivity contribution in [2.24, 2.45) is 5.73 Å². The van der Waals surface area contributed by atoms with Crippen LogP contribution in [0.3, 0.4) is 0 Å². The Balaban J connectivity index is 1.70. The maximum Gasteiger partial charge on any atom is 0.0393 e. The molecule has 1 aliphatic carbocycles. The fourth-order valence-corrected chi connectivity index (χ4v) is 4.35. The first-order chi connectivity index (χ1) is 9.84. The molecule has 0 amide bonds. The molecule has 3 rings (SSSR count). The van der Waals surface area contributed by atoms with Gasteiger partial charge in [-0.1, -0.05) is 37.5 Å². The van der Waals surface area contributed by atoms with Gasteiger partial charge in [0.1, 0.15) is 0 Å². The largest absolute Gasteiger partial charge is 0.323 e. The summed E-state index contributed by atoms with van der Waals surface area (Å²) in [6.07, 6.45) is 10.7. The van der Waals surface area contributed by atoms with Gasteiger partial charge in [0.15, 0.2) is 0 Å². The number of hydrogen-bond acceptors (Lipinski definition) is 3. The fraction of sp³-hybridized carbons (Fsp3) is 0.471. The molecule has 0 bridgehead atoms. The highest BCUT2D eigenvalue weighted by atomic mass is 32.2. The summed E-state index contributed by atoms with van der Waals surface area (Å²) in [6, 6.07) is 8.54. The van der Waals surface area contributed by atoms with Gasteiger partial charge in [0.25, 0.3) is 0 Å². The normalized spacial score (nSPS) is 18.2. The Morgan fingerprint density at radius 1 is 1.20 bits per heavy atom. The molecule has 1 saturated carbocycles. The van der Waals surface area contributed by atoms with Gasteiger partial charge in [0, 0.05) is 34.8 Å². The lowest BCUT2D eigenvalue weighted by Gasteiger charge is -2.23. The van der Waals surface area contributed by atoms with E-state index in [0.717, 1.165) is 11.0 Å². The molecule has 0 aliphatic heterocycles. The number of nitrogens with two attached hydrogens (primary N) is 1. The minimum absolute atomic E-state index is 0.106. The van der Waals surface area contributed by atoms with Gasteiger partial charge in [-0.15, -0.1) is 0 Å². The smallest absolute Gasteiger partial charge is 0.0393 e. The predicted octanol–water partition coefficient (Wildman–Crippen LogP) is 4.30. The Labute approximate surface area is 125 Å².